The molecule has 1 heterocycles. The highest BCUT2D eigenvalue weighted by molar-refractivity contribution is 9.10. The summed E-state index contributed by atoms with van der Waals surface area (Å²) in [5.41, 5.74) is 1.81. The maximum atomic E-state index is 12.3. The number of ether oxygens (including phenoxy) is 1. The number of halogens is 1. The number of nitrogens with one attached hydrogen (secondary N) is 1. The Morgan fingerprint density at radius 3 is 2.64 bits per heavy atom. The highest BCUT2D eigenvalue weighted by Gasteiger charge is 2.12. The third-order valence-electron chi connectivity index (χ3n) is 3.50. The maximum Gasteiger partial charge on any atom is 0.258 e. The summed E-state index contributed by atoms with van der Waals surface area (Å²) >= 11 is 4.66. The zero-order chi connectivity index (χ0) is 17.6. The molecule has 1 amide bonds. The minimum absolute atomic E-state index is 0.230. The van der Waals surface area contributed by atoms with E-state index in [4.69, 9.17) is 4.74 Å². The molecule has 0 fully saturated rings. The number of amides is 1. The van der Waals surface area contributed by atoms with Gasteiger partial charge in [0.2, 0.25) is 5.13 Å². The van der Waals surface area contributed by atoms with Crippen molar-refractivity contribution in [1.29, 1.82) is 0 Å². The molecule has 3 aromatic rings. The van der Waals surface area contributed by atoms with Crippen LogP contribution in [0.1, 0.15) is 27.9 Å². The van der Waals surface area contributed by atoms with E-state index in [1.807, 2.05) is 42.5 Å². The average molecular weight is 418 g/mol. The number of rotatable bonds is 6. The summed E-state index contributed by atoms with van der Waals surface area (Å²) in [5, 5.41) is 11.9. The molecule has 7 heteroatoms. The number of hydrogen-bond acceptors (Lipinski definition) is 5. The Labute approximate surface area is 158 Å². The molecule has 0 unspecified atom stereocenters. The summed E-state index contributed by atoms with van der Waals surface area (Å²) in [6, 6.07) is 15.2. The number of anilines is 1. The van der Waals surface area contributed by atoms with E-state index in [1.165, 1.54) is 16.9 Å². The molecular weight excluding hydrogens is 402 g/mol. The minimum Gasteiger partial charge on any atom is -0.486 e. The van der Waals surface area contributed by atoms with E-state index in [1.54, 1.807) is 6.07 Å². The van der Waals surface area contributed by atoms with Crippen LogP contribution in [-0.2, 0) is 13.0 Å². The predicted molar refractivity (Wildman–Crippen MR) is 102 cm³/mol. The molecule has 0 saturated carbocycles. The van der Waals surface area contributed by atoms with Gasteiger partial charge in [-0.15, -0.1) is 10.2 Å². The second kappa shape index (κ2) is 8.22. The lowest BCUT2D eigenvalue weighted by atomic mass is 10.2. The molecule has 3 rings (SSSR count). The van der Waals surface area contributed by atoms with E-state index in [0.29, 0.717) is 22.3 Å². The smallest absolute Gasteiger partial charge is 0.258 e. The van der Waals surface area contributed by atoms with Gasteiger partial charge in [0.1, 0.15) is 12.4 Å². The van der Waals surface area contributed by atoms with E-state index in [9.17, 15) is 4.79 Å². The third-order valence-corrected chi connectivity index (χ3v) is 5.00. The topological polar surface area (TPSA) is 64.1 Å². The summed E-state index contributed by atoms with van der Waals surface area (Å²) < 4.78 is 6.43. The summed E-state index contributed by atoms with van der Waals surface area (Å²) in [6.45, 7) is 2.43. The summed E-state index contributed by atoms with van der Waals surface area (Å²) in [6.07, 6.45) is 0.997. The number of aryl methyl sites for hydroxylation is 1. The highest BCUT2D eigenvalue weighted by atomic mass is 79.9. The van der Waals surface area contributed by atoms with Crippen LogP contribution in [-0.4, -0.2) is 16.1 Å². The SMILES string of the molecule is CCc1ccc(OCc2nnc(NC(=O)c3ccccc3Br)s2)cc1. The molecular formula is C18H16BrN3O2S. The fraction of sp³-hybridized carbons (Fsp3) is 0.167. The molecule has 0 bridgehead atoms. The van der Waals surface area contributed by atoms with Gasteiger partial charge in [0.05, 0.1) is 5.56 Å². The van der Waals surface area contributed by atoms with Gasteiger partial charge in [-0.25, -0.2) is 0 Å². The molecule has 0 spiro atoms. The first kappa shape index (κ1) is 17.6. The molecule has 0 radical (unpaired) electrons. The number of carbonyl (C=O) groups is 1. The molecule has 128 valence electrons. The lowest BCUT2D eigenvalue weighted by Gasteiger charge is -2.04. The average Bonchev–Trinajstić information content (AvgIpc) is 3.08. The molecule has 0 aliphatic heterocycles. The standard InChI is InChI=1S/C18H16BrN3O2S/c1-2-12-7-9-13(10-8-12)24-11-16-21-22-18(25-16)20-17(23)14-5-3-4-6-15(14)19/h3-10H,2,11H2,1H3,(H,20,22,23). The second-order valence-corrected chi connectivity index (χ2v) is 7.14. The first-order valence-electron chi connectivity index (χ1n) is 7.75. The molecule has 0 atom stereocenters. The summed E-state index contributed by atoms with van der Waals surface area (Å²) in [7, 11) is 0. The van der Waals surface area contributed by atoms with Crippen LogP contribution in [0.2, 0.25) is 0 Å². The number of nitrogens with zero attached hydrogens (tertiary/aromatic N) is 2. The van der Waals surface area contributed by atoms with Crippen molar-refractivity contribution in [2.75, 3.05) is 5.32 Å². The van der Waals surface area contributed by atoms with E-state index < -0.39 is 0 Å². The van der Waals surface area contributed by atoms with Crippen molar-refractivity contribution < 1.29 is 9.53 Å². The Morgan fingerprint density at radius 2 is 1.92 bits per heavy atom. The Hall–Kier alpha value is -2.25. The Kier molecular flexibility index (Phi) is 5.78. The zero-order valence-corrected chi connectivity index (χ0v) is 15.9. The molecule has 2 aromatic carbocycles. The summed E-state index contributed by atoms with van der Waals surface area (Å²) in [4.78, 5) is 12.3. The number of aromatic nitrogens is 2. The molecule has 25 heavy (non-hydrogen) atoms. The predicted octanol–water partition coefficient (Wildman–Crippen LogP) is 4.69. The monoisotopic (exact) mass is 417 g/mol. The summed E-state index contributed by atoms with van der Waals surface area (Å²) in [5.74, 6) is 0.553. The van der Waals surface area contributed by atoms with Crippen molar-refractivity contribution in [3.8, 4) is 5.75 Å². The van der Waals surface area contributed by atoms with Crippen molar-refractivity contribution >= 4 is 38.3 Å². The first-order valence-corrected chi connectivity index (χ1v) is 9.36. The van der Waals surface area contributed by atoms with Crippen LogP contribution in [0.15, 0.2) is 53.0 Å². The van der Waals surface area contributed by atoms with Gasteiger partial charge in [-0.2, -0.15) is 0 Å². The molecule has 5 nitrogen and oxygen atoms in total. The van der Waals surface area contributed by atoms with Crippen LogP contribution in [0, 0.1) is 0 Å². The van der Waals surface area contributed by atoms with Gasteiger partial charge in [-0.1, -0.05) is 42.5 Å². The third kappa shape index (κ3) is 4.64. The van der Waals surface area contributed by atoms with E-state index in [-0.39, 0.29) is 5.91 Å². The van der Waals surface area contributed by atoms with Crippen LogP contribution >= 0.6 is 27.3 Å². The zero-order valence-electron chi connectivity index (χ0n) is 13.5. The van der Waals surface area contributed by atoms with Gasteiger partial charge in [-0.05, 0) is 52.2 Å². The minimum atomic E-state index is -0.230. The highest BCUT2D eigenvalue weighted by Crippen LogP contribution is 2.21. The second-order valence-electron chi connectivity index (χ2n) is 5.22. The Balaban J connectivity index is 1.58. The molecule has 0 aliphatic carbocycles. The van der Waals surface area contributed by atoms with E-state index in [0.717, 1.165) is 16.6 Å². The van der Waals surface area contributed by atoms with Crippen molar-refractivity contribution in [1.82, 2.24) is 10.2 Å². The fourth-order valence-corrected chi connectivity index (χ4v) is 3.25. The van der Waals surface area contributed by atoms with Gasteiger partial charge in [-0.3, -0.25) is 10.1 Å². The van der Waals surface area contributed by atoms with Crippen LogP contribution in [0.25, 0.3) is 0 Å². The van der Waals surface area contributed by atoms with Gasteiger partial charge < -0.3 is 4.74 Å². The Bertz CT molecular complexity index is 865. The first-order chi connectivity index (χ1) is 12.2. The van der Waals surface area contributed by atoms with Crippen LogP contribution in [0.5, 0.6) is 5.75 Å². The molecule has 0 saturated heterocycles. The van der Waals surface area contributed by atoms with E-state index >= 15 is 0 Å². The quantitative estimate of drug-likeness (QED) is 0.631. The number of benzene rings is 2. The Morgan fingerprint density at radius 1 is 1.16 bits per heavy atom. The van der Waals surface area contributed by atoms with Crippen LogP contribution < -0.4 is 10.1 Å². The normalized spacial score (nSPS) is 10.5. The fourth-order valence-electron chi connectivity index (χ4n) is 2.14. The van der Waals surface area contributed by atoms with Gasteiger partial charge in [0, 0.05) is 4.47 Å². The number of carbonyl (C=O) groups excluding carboxylic acids is 1. The number of hydrogen-bond donors (Lipinski definition) is 1. The van der Waals surface area contributed by atoms with Gasteiger partial charge in [0.25, 0.3) is 5.91 Å². The molecule has 1 N–H and O–H groups in total. The van der Waals surface area contributed by atoms with E-state index in [2.05, 4.69) is 38.4 Å². The van der Waals surface area contributed by atoms with Gasteiger partial charge in [0.15, 0.2) is 5.01 Å². The van der Waals surface area contributed by atoms with Crippen molar-refractivity contribution in [2.45, 2.75) is 20.0 Å². The molecule has 1 aromatic heterocycles. The largest absolute Gasteiger partial charge is 0.486 e. The van der Waals surface area contributed by atoms with Crippen molar-refractivity contribution in [3.05, 3.63) is 69.1 Å². The van der Waals surface area contributed by atoms with Crippen molar-refractivity contribution in [2.24, 2.45) is 0 Å². The lowest BCUT2D eigenvalue weighted by molar-refractivity contribution is 0.102. The van der Waals surface area contributed by atoms with Crippen molar-refractivity contribution in [3.63, 3.8) is 0 Å². The lowest BCUT2D eigenvalue weighted by Crippen LogP contribution is -2.12. The van der Waals surface area contributed by atoms with Gasteiger partial charge >= 0.3 is 0 Å². The van der Waals surface area contributed by atoms with Crippen LogP contribution in [0.4, 0.5) is 5.13 Å². The molecule has 0 aliphatic rings. The maximum absolute atomic E-state index is 12.3. The van der Waals surface area contributed by atoms with Crippen LogP contribution in [0.3, 0.4) is 0 Å².